The third-order valence-corrected chi connectivity index (χ3v) is 2.61. The van der Waals surface area contributed by atoms with Gasteiger partial charge in [-0.25, -0.2) is 0 Å². The van der Waals surface area contributed by atoms with Crippen LogP contribution in [0.3, 0.4) is 0 Å². The van der Waals surface area contributed by atoms with Crippen LogP contribution in [0.1, 0.15) is 6.92 Å². The molecule has 0 saturated heterocycles. The van der Waals surface area contributed by atoms with Gasteiger partial charge in [0, 0.05) is 0 Å². The van der Waals surface area contributed by atoms with E-state index in [9.17, 15) is 0 Å². The van der Waals surface area contributed by atoms with Crippen LogP contribution in [0.4, 0.5) is 0 Å². The van der Waals surface area contributed by atoms with E-state index in [-0.39, 0.29) is 0 Å². The fourth-order valence-electron chi connectivity index (χ4n) is 0.870. The molecule has 1 aromatic carbocycles. The van der Waals surface area contributed by atoms with Crippen molar-refractivity contribution in [2.24, 2.45) is 0 Å². The minimum absolute atomic E-state index is 0.652. The molecule has 1 atom stereocenters. The lowest BCUT2D eigenvalue weighted by Crippen LogP contribution is -2.37. The lowest BCUT2D eigenvalue weighted by Gasteiger charge is -2.26. The molecule has 74 valence electrons. The number of halogens is 2. The summed E-state index contributed by atoms with van der Waals surface area (Å²) in [5.74, 6) is 3.09. The van der Waals surface area contributed by atoms with Gasteiger partial charge in [-0.05, 0) is 19.1 Å². The largest absolute Gasteiger partial charge is 0.472 e. The van der Waals surface area contributed by atoms with Gasteiger partial charge in [0.15, 0.2) is 10.4 Å². The second-order valence-corrected chi connectivity index (χ2v) is 4.06. The molecule has 0 fully saturated rings. The van der Waals surface area contributed by atoms with E-state index >= 15 is 0 Å². The van der Waals surface area contributed by atoms with Crippen molar-refractivity contribution in [2.45, 2.75) is 17.4 Å². The average molecular weight is 229 g/mol. The van der Waals surface area contributed by atoms with Gasteiger partial charge in [0.2, 0.25) is 0 Å². The van der Waals surface area contributed by atoms with Crippen LogP contribution in [0.15, 0.2) is 30.3 Å². The minimum atomic E-state index is -0.996. The summed E-state index contributed by atoms with van der Waals surface area (Å²) in [6.07, 6.45) is 5.31. The molecule has 1 nitrogen and oxygen atoms in total. The van der Waals surface area contributed by atoms with Crippen LogP contribution in [0.2, 0.25) is 0 Å². The predicted molar refractivity (Wildman–Crippen MR) is 59.8 cm³/mol. The van der Waals surface area contributed by atoms with Crippen molar-refractivity contribution in [3.63, 3.8) is 0 Å². The standard InChI is InChI=1S/C11H10Cl2O/c1-3-11(2,10(12)13)14-9-7-5-4-6-8-9/h1,4-8,10H,2H3. The van der Waals surface area contributed by atoms with Crippen molar-refractivity contribution in [3.05, 3.63) is 30.3 Å². The van der Waals surface area contributed by atoms with Crippen LogP contribution in [0, 0.1) is 12.3 Å². The zero-order valence-corrected chi connectivity index (χ0v) is 9.22. The first-order valence-electron chi connectivity index (χ1n) is 4.08. The number of hydrogen-bond acceptors (Lipinski definition) is 1. The SMILES string of the molecule is C#CC(C)(Oc1ccccc1)C(Cl)Cl. The molecule has 0 heterocycles. The zero-order chi connectivity index (χ0) is 10.6. The number of terminal acetylenes is 1. The van der Waals surface area contributed by atoms with E-state index in [0.717, 1.165) is 0 Å². The lowest BCUT2D eigenvalue weighted by molar-refractivity contribution is 0.166. The van der Waals surface area contributed by atoms with Crippen molar-refractivity contribution >= 4 is 23.2 Å². The Hall–Kier alpha value is -0.840. The third-order valence-electron chi connectivity index (χ3n) is 1.78. The highest BCUT2D eigenvalue weighted by Crippen LogP contribution is 2.26. The highest BCUT2D eigenvalue weighted by atomic mass is 35.5. The molecule has 1 unspecified atom stereocenters. The van der Waals surface area contributed by atoms with Crippen molar-refractivity contribution in [3.8, 4) is 18.1 Å². The van der Waals surface area contributed by atoms with Gasteiger partial charge in [-0.2, -0.15) is 0 Å². The summed E-state index contributed by atoms with van der Waals surface area (Å²) in [6.45, 7) is 1.67. The molecule has 3 heteroatoms. The molecular formula is C11H10Cl2O. The van der Waals surface area contributed by atoms with E-state index in [1.54, 1.807) is 19.1 Å². The monoisotopic (exact) mass is 228 g/mol. The Morgan fingerprint density at radius 3 is 2.36 bits per heavy atom. The molecule has 0 N–H and O–H groups in total. The molecule has 14 heavy (non-hydrogen) atoms. The van der Waals surface area contributed by atoms with Gasteiger partial charge in [-0.3, -0.25) is 0 Å². The van der Waals surface area contributed by atoms with Gasteiger partial charge >= 0.3 is 0 Å². The number of hydrogen-bond donors (Lipinski definition) is 0. The number of rotatable bonds is 3. The fraction of sp³-hybridized carbons (Fsp3) is 0.273. The second-order valence-electron chi connectivity index (χ2n) is 2.97. The first-order chi connectivity index (χ1) is 6.58. The Morgan fingerprint density at radius 1 is 1.36 bits per heavy atom. The quantitative estimate of drug-likeness (QED) is 0.571. The molecule has 0 spiro atoms. The van der Waals surface area contributed by atoms with Crippen LogP contribution >= 0.6 is 23.2 Å². The van der Waals surface area contributed by atoms with E-state index in [4.69, 9.17) is 34.4 Å². The molecule has 0 bridgehead atoms. The molecule has 1 rings (SSSR count). The normalized spacial score (nSPS) is 14.5. The van der Waals surface area contributed by atoms with Crippen LogP contribution < -0.4 is 4.74 Å². The van der Waals surface area contributed by atoms with Crippen molar-refractivity contribution in [1.29, 1.82) is 0 Å². The first kappa shape index (κ1) is 11.2. The van der Waals surface area contributed by atoms with Crippen LogP contribution in [-0.2, 0) is 0 Å². The summed E-state index contributed by atoms with van der Waals surface area (Å²) in [5.41, 5.74) is -0.996. The Balaban J connectivity index is 2.83. The fourth-order valence-corrected chi connectivity index (χ4v) is 1.09. The van der Waals surface area contributed by atoms with E-state index in [0.29, 0.717) is 5.75 Å². The molecule has 0 aliphatic heterocycles. The summed E-state index contributed by atoms with van der Waals surface area (Å²) in [5, 5.41) is 0. The van der Waals surface area contributed by atoms with Gasteiger partial charge < -0.3 is 4.74 Å². The number of alkyl halides is 2. The maximum Gasteiger partial charge on any atom is 0.195 e. The van der Waals surface area contributed by atoms with Gasteiger partial charge in [-0.1, -0.05) is 47.3 Å². The Morgan fingerprint density at radius 2 is 1.93 bits per heavy atom. The van der Waals surface area contributed by atoms with Gasteiger partial charge in [0.05, 0.1) is 0 Å². The maximum absolute atomic E-state index is 5.73. The first-order valence-corrected chi connectivity index (χ1v) is 4.96. The van der Waals surface area contributed by atoms with E-state index < -0.39 is 10.4 Å². The zero-order valence-electron chi connectivity index (χ0n) is 7.71. The molecular weight excluding hydrogens is 219 g/mol. The van der Waals surface area contributed by atoms with E-state index in [1.165, 1.54) is 0 Å². The smallest absolute Gasteiger partial charge is 0.195 e. The molecule has 0 saturated carbocycles. The van der Waals surface area contributed by atoms with Crippen molar-refractivity contribution < 1.29 is 4.74 Å². The minimum Gasteiger partial charge on any atom is -0.472 e. The molecule has 1 aromatic rings. The summed E-state index contributed by atoms with van der Waals surface area (Å²) >= 11 is 11.5. The number of benzene rings is 1. The van der Waals surface area contributed by atoms with Crippen LogP contribution in [-0.4, -0.2) is 10.4 Å². The maximum atomic E-state index is 5.73. The van der Waals surface area contributed by atoms with Crippen molar-refractivity contribution in [2.75, 3.05) is 0 Å². The van der Waals surface area contributed by atoms with Gasteiger partial charge in [0.1, 0.15) is 5.75 Å². The predicted octanol–water partition coefficient (Wildman–Crippen LogP) is 3.26. The lowest BCUT2D eigenvalue weighted by atomic mass is 10.1. The van der Waals surface area contributed by atoms with E-state index in [1.807, 2.05) is 18.2 Å². The molecule has 0 amide bonds. The highest BCUT2D eigenvalue weighted by Gasteiger charge is 2.31. The Labute approximate surface area is 94.0 Å². The van der Waals surface area contributed by atoms with Crippen molar-refractivity contribution in [1.82, 2.24) is 0 Å². The summed E-state index contributed by atoms with van der Waals surface area (Å²) in [4.78, 5) is -0.771. The molecule has 0 aliphatic rings. The number of ether oxygens (including phenoxy) is 1. The highest BCUT2D eigenvalue weighted by molar-refractivity contribution is 6.45. The van der Waals surface area contributed by atoms with E-state index in [2.05, 4.69) is 5.92 Å². The Kier molecular flexibility index (Phi) is 3.69. The molecule has 0 aromatic heterocycles. The van der Waals surface area contributed by atoms with Crippen LogP contribution in [0.5, 0.6) is 5.75 Å². The number of para-hydroxylation sites is 1. The second kappa shape index (κ2) is 4.59. The topological polar surface area (TPSA) is 9.23 Å². The van der Waals surface area contributed by atoms with Gasteiger partial charge in [-0.15, -0.1) is 6.42 Å². The summed E-state index contributed by atoms with van der Waals surface area (Å²) in [7, 11) is 0. The third kappa shape index (κ3) is 2.57. The Bertz CT molecular complexity index is 329. The van der Waals surface area contributed by atoms with Crippen LogP contribution in [0.25, 0.3) is 0 Å². The molecule has 0 aliphatic carbocycles. The molecule has 0 radical (unpaired) electrons. The average Bonchev–Trinajstić information content (AvgIpc) is 2.19. The summed E-state index contributed by atoms with van der Waals surface area (Å²) in [6, 6.07) is 9.18. The van der Waals surface area contributed by atoms with Gasteiger partial charge in [0.25, 0.3) is 0 Å². The summed E-state index contributed by atoms with van der Waals surface area (Å²) < 4.78 is 5.51.